The summed E-state index contributed by atoms with van der Waals surface area (Å²) in [7, 11) is -3.69. The van der Waals surface area contributed by atoms with E-state index in [2.05, 4.69) is 15.4 Å². The lowest BCUT2D eigenvalue weighted by molar-refractivity contribution is -0.114. The molecule has 0 saturated heterocycles. The normalized spacial score (nSPS) is 11.3. The van der Waals surface area contributed by atoms with Gasteiger partial charge in [0.2, 0.25) is 15.9 Å². The number of carbonyl (C=O) groups excluding carboxylic acids is 2. The van der Waals surface area contributed by atoms with Crippen molar-refractivity contribution in [3.63, 3.8) is 0 Å². The molecule has 2 amide bonds. The maximum atomic E-state index is 12.6. The summed E-state index contributed by atoms with van der Waals surface area (Å²) in [4.78, 5) is 23.8. The molecule has 0 heterocycles. The molecular formula is C19H23N3O4S. The first-order valence-corrected chi connectivity index (χ1v) is 9.89. The van der Waals surface area contributed by atoms with Gasteiger partial charge in [0.15, 0.2) is 0 Å². The summed E-state index contributed by atoms with van der Waals surface area (Å²) in [6.45, 7) is 6.66. The minimum atomic E-state index is -3.69. The monoisotopic (exact) mass is 389 g/mol. The van der Waals surface area contributed by atoms with Crippen molar-refractivity contribution in [2.45, 2.75) is 38.6 Å². The molecule has 0 aliphatic carbocycles. The van der Waals surface area contributed by atoms with Crippen LogP contribution >= 0.6 is 0 Å². The zero-order chi connectivity index (χ0) is 20.2. The van der Waals surface area contributed by atoms with Crippen LogP contribution in [0.1, 0.15) is 36.7 Å². The van der Waals surface area contributed by atoms with Gasteiger partial charge in [0.25, 0.3) is 5.91 Å². The summed E-state index contributed by atoms with van der Waals surface area (Å²) >= 11 is 0. The molecule has 0 fully saturated rings. The molecule has 0 aliphatic heterocycles. The van der Waals surface area contributed by atoms with Gasteiger partial charge in [-0.25, -0.2) is 13.1 Å². The third-order valence-electron chi connectivity index (χ3n) is 3.60. The maximum Gasteiger partial charge on any atom is 0.255 e. The molecule has 0 aliphatic rings. The summed E-state index contributed by atoms with van der Waals surface area (Å²) < 4.78 is 27.1. The molecule has 144 valence electrons. The van der Waals surface area contributed by atoms with E-state index in [4.69, 9.17) is 0 Å². The number of sulfonamides is 1. The molecule has 3 N–H and O–H groups in total. The van der Waals surface area contributed by atoms with Crippen LogP contribution in [0, 0.1) is 6.92 Å². The number of amides is 2. The van der Waals surface area contributed by atoms with Crippen LogP contribution in [0.2, 0.25) is 0 Å². The van der Waals surface area contributed by atoms with Gasteiger partial charge in [-0.1, -0.05) is 12.1 Å². The van der Waals surface area contributed by atoms with Crippen LogP contribution in [-0.4, -0.2) is 26.3 Å². The number of anilines is 2. The standard InChI is InChI=1S/C19H23N3O4S/c1-12(2)22-27(25,26)17-7-5-6-15(10-17)19(24)21-18-11-16(20-14(4)23)9-8-13(18)3/h5-12,22H,1-4H3,(H,20,23)(H,21,24). The van der Waals surface area contributed by atoms with Crippen molar-refractivity contribution >= 4 is 33.2 Å². The second kappa shape index (κ2) is 8.32. The molecule has 0 spiro atoms. The van der Waals surface area contributed by atoms with Gasteiger partial charge < -0.3 is 10.6 Å². The Balaban J connectivity index is 2.27. The Bertz CT molecular complexity index is 969. The molecule has 0 saturated carbocycles. The number of hydrogen-bond acceptors (Lipinski definition) is 4. The summed E-state index contributed by atoms with van der Waals surface area (Å²) in [5, 5.41) is 5.41. The van der Waals surface area contributed by atoms with E-state index >= 15 is 0 Å². The van der Waals surface area contributed by atoms with E-state index in [0.29, 0.717) is 11.4 Å². The topological polar surface area (TPSA) is 104 Å². The number of benzene rings is 2. The van der Waals surface area contributed by atoms with Crippen molar-refractivity contribution in [2.75, 3.05) is 10.6 Å². The quantitative estimate of drug-likeness (QED) is 0.706. The predicted molar refractivity (Wildman–Crippen MR) is 105 cm³/mol. The summed E-state index contributed by atoms with van der Waals surface area (Å²) in [5.41, 5.74) is 2.11. The smallest absolute Gasteiger partial charge is 0.255 e. The van der Waals surface area contributed by atoms with Crippen molar-refractivity contribution in [1.29, 1.82) is 0 Å². The maximum absolute atomic E-state index is 12.6. The molecule has 2 rings (SSSR count). The highest BCUT2D eigenvalue weighted by atomic mass is 32.2. The molecule has 27 heavy (non-hydrogen) atoms. The molecule has 2 aromatic rings. The lowest BCUT2D eigenvalue weighted by atomic mass is 10.1. The highest BCUT2D eigenvalue weighted by Crippen LogP contribution is 2.21. The van der Waals surface area contributed by atoms with E-state index in [9.17, 15) is 18.0 Å². The van der Waals surface area contributed by atoms with Crippen LogP contribution in [0.15, 0.2) is 47.4 Å². The van der Waals surface area contributed by atoms with Crippen LogP contribution in [0.5, 0.6) is 0 Å². The first kappa shape index (κ1) is 20.6. The van der Waals surface area contributed by atoms with Gasteiger partial charge >= 0.3 is 0 Å². The molecule has 2 aromatic carbocycles. The Kier molecular flexibility index (Phi) is 6.35. The largest absolute Gasteiger partial charge is 0.326 e. The van der Waals surface area contributed by atoms with E-state index in [1.165, 1.54) is 31.2 Å². The van der Waals surface area contributed by atoms with Crippen LogP contribution in [0.4, 0.5) is 11.4 Å². The van der Waals surface area contributed by atoms with E-state index in [0.717, 1.165) is 5.56 Å². The molecule has 0 radical (unpaired) electrons. The number of hydrogen-bond donors (Lipinski definition) is 3. The van der Waals surface area contributed by atoms with Crippen molar-refractivity contribution in [1.82, 2.24) is 4.72 Å². The zero-order valence-electron chi connectivity index (χ0n) is 15.7. The molecule has 0 unspecified atom stereocenters. The average molecular weight is 389 g/mol. The lowest BCUT2D eigenvalue weighted by Crippen LogP contribution is -2.30. The van der Waals surface area contributed by atoms with Crippen molar-refractivity contribution in [2.24, 2.45) is 0 Å². The van der Waals surface area contributed by atoms with Crippen molar-refractivity contribution < 1.29 is 18.0 Å². The minimum absolute atomic E-state index is 0.0209. The number of rotatable bonds is 6. The number of aryl methyl sites for hydroxylation is 1. The van der Waals surface area contributed by atoms with Gasteiger partial charge in [0.1, 0.15) is 0 Å². The second-order valence-corrected chi connectivity index (χ2v) is 8.18. The van der Waals surface area contributed by atoms with Crippen LogP contribution in [0.3, 0.4) is 0 Å². The first-order chi connectivity index (χ1) is 12.6. The predicted octanol–water partition coefficient (Wildman–Crippen LogP) is 2.89. The van der Waals surface area contributed by atoms with E-state index in [1.54, 1.807) is 32.0 Å². The Morgan fingerprint density at radius 1 is 1.00 bits per heavy atom. The van der Waals surface area contributed by atoms with E-state index in [1.807, 2.05) is 6.92 Å². The Morgan fingerprint density at radius 2 is 1.70 bits per heavy atom. The minimum Gasteiger partial charge on any atom is -0.326 e. The van der Waals surface area contributed by atoms with Crippen LogP contribution < -0.4 is 15.4 Å². The van der Waals surface area contributed by atoms with E-state index in [-0.39, 0.29) is 22.4 Å². The molecule has 0 aromatic heterocycles. The van der Waals surface area contributed by atoms with Crippen molar-refractivity contribution in [3.05, 3.63) is 53.6 Å². The third kappa shape index (κ3) is 5.63. The van der Waals surface area contributed by atoms with Gasteiger partial charge in [-0.15, -0.1) is 0 Å². The van der Waals surface area contributed by atoms with Gasteiger partial charge in [-0.05, 0) is 56.7 Å². The van der Waals surface area contributed by atoms with Gasteiger partial charge in [0.05, 0.1) is 4.90 Å². The molecule has 8 heteroatoms. The Labute approximate surface area is 159 Å². The summed E-state index contributed by atoms with van der Waals surface area (Å²) in [5.74, 6) is -0.661. The van der Waals surface area contributed by atoms with Gasteiger partial charge in [-0.3, -0.25) is 9.59 Å². The highest BCUT2D eigenvalue weighted by molar-refractivity contribution is 7.89. The number of nitrogens with one attached hydrogen (secondary N) is 3. The first-order valence-electron chi connectivity index (χ1n) is 8.40. The van der Waals surface area contributed by atoms with E-state index < -0.39 is 15.9 Å². The molecule has 7 nitrogen and oxygen atoms in total. The highest BCUT2D eigenvalue weighted by Gasteiger charge is 2.17. The second-order valence-electron chi connectivity index (χ2n) is 6.47. The van der Waals surface area contributed by atoms with Crippen molar-refractivity contribution in [3.8, 4) is 0 Å². The fourth-order valence-electron chi connectivity index (χ4n) is 2.42. The van der Waals surface area contributed by atoms with Crippen LogP contribution in [0.25, 0.3) is 0 Å². The van der Waals surface area contributed by atoms with Gasteiger partial charge in [0, 0.05) is 29.9 Å². The molecule has 0 atom stereocenters. The van der Waals surface area contributed by atoms with Gasteiger partial charge in [-0.2, -0.15) is 0 Å². The molecular weight excluding hydrogens is 366 g/mol. The SMILES string of the molecule is CC(=O)Nc1ccc(C)c(NC(=O)c2cccc(S(=O)(=O)NC(C)C)c2)c1. The zero-order valence-corrected chi connectivity index (χ0v) is 16.5. The summed E-state index contributed by atoms with van der Waals surface area (Å²) in [6, 6.07) is 10.7. The fourth-order valence-corrected chi connectivity index (χ4v) is 3.71. The average Bonchev–Trinajstić information content (AvgIpc) is 2.56. The third-order valence-corrected chi connectivity index (χ3v) is 5.26. The Hall–Kier alpha value is -2.71. The lowest BCUT2D eigenvalue weighted by Gasteiger charge is -2.13. The fraction of sp³-hybridized carbons (Fsp3) is 0.263. The molecule has 0 bridgehead atoms. The van der Waals surface area contributed by atoms with Crippen LogP contribution in [-0.2, 0) is 14.8 Å². The number of carbonyl (C=O) groups is 2. The summed E-state index contributed by atoms with van der Waals surface area (Å²) in [6.07, 6.45) is 0. The Morgan fingerprint density at radius 3 is 2.33 bits per heavy atom.